The van der Waals surface area contributed by atoms with Crippen LogP contribution in [0.2, 0.25) is 0 Å². The van der Waals surface area contributed by atoms with Gasteiger partial charge in [0.1, 0.15) is 5.75 Å². The van der Waals surface area contributed by atoms with E-state index in [-0.39, 0.29) is 0 Å². The van der Waals surface area contributed by atoms with E-state index in [1.807, 2.05) is 60.7 Å². The van der Waals surface area contributed by atoms with E-state index < -0.39 is 0 Å². The minimum absolute atomic E-state index is 0.838. The molecule has 0 saturated carbocycles. The lowest BCUT2D eigenvalue weighted by Gasteiger charge is -2.01. The van der Waals surface area contributed by atoms with Gasteiger partial charge in [-0.2, -0.15) is 0 Å². The summed E-state index contributed by atoms with van der Waals surface area (Å²) in [6.45, 7) is 0. The fourth-order valence-electron chi connectivity index (χ4n) is 1.74. The highest BCUT2D eigenvalue weighted by Gasteiger charge is 1.95. The minimum Gasteiger partial charge on any atom is -0.497 e. The van der Waals surface area contributed by atoms with Crippen molar-refractivity contribution >= 4 is 18.4 Å². The Morgan fingerprint density at radius 3 is 2.26 bits per heavy atom. The highest BCUT2D eigenvalue weighted by atomic mass is 16.5. The van der Waals surface area contributed by atoms with Crippen LogP contribution < -0.4 is 4.74 Å². The number of rotatable bonds is 4. The summed E-state index contributed by atoms with van der Waals surface area (Å²) in [5, 5.41) is 11.7. The van der Waals surface area contributed by atoms with Crippen LogP contribution in [0, 0.1) is 0 Å². The normalized spacial score (nSPS) is 11.2. The van der Waals surface area contributed by atoms with Crippen LogP contribution in [-0.2, 0) is 0 Å². The summed E-state index contributed by atoms with van der Waals surface area (Å²) in [6, 6.07) is 15.5. The molecule has 19 heavy (non-hydrogen) atoms. The van der Waals surface area contributed by atoms with Crippen molar-refractivity contribution in [3.8, 4) is 5.75 Å². The van der Waals surface area contributed by atoms with Gasteiger partial charge < -0.3 is 9.94 Å². The monoisotopic (exact) mass is 253 g/mol. The van der Waals surface area contributed by atoms with E-state index in [9.17, 15) is 0 Å². The third-order valence-electron chi connectivity index (χ3n) is 2.76. The molecule has 2 aromatic carbocycles. The Balaban J connectivity index is 2.22. The first kappa shape index (κ1) is 12.9. The molecule has 0 fully saturated rings. The Labute approximate surface area is 112 Å². The molecule has 1 N–H and O–H groups in total. The zero-order valence-corrected chi connectivity index (χ0v) is 10.7. The lowest BCUT2D eigenvalue weighted by Crippen LogP contribution is -1.86. The summed E-state index contributed by atoms with van der Waals surface area (Å²) < 4.78 is 5.11. The summed E-state index contributed by atoms with van der Waals surface area (Å²) >= 11 is 0. The third kappa shape index (κ3) is 3.45. The van der Waals surface area contributed by atoms with Gasteiger partial charge in [-0.1, -0.05) is 53.7 Å². The zero-order valence-electron chi connectivity index (χ0n) is 10.7. The first-order valence-electron chi connectivity index (χ1n) is 5.92. The average Bonchev–Trinajstić information content (AvgIpc) is 2.47. The fraction of sp³-hybridized carbons (Fsp3) is 0.0625. The van der Waals surface area contributed by atoms with E-state index in [4.69, 9.17) is 9.94 Å². The predicted octanol–water partition coefficient (Wildman–Crippen LogP) is 3.67. The number of ether oxygens (including phenoxy) is 1. The van der Waals surface area contributed by atoms with Crippen molar-refractivity contribution in [3.05, 3.63) is 65.2 Å². The van der Waals surface area contributed by atoms with Crippen LogP contribution in [0.5, 0.6) is 5.75 Å². The molecule has 0 unspecified atom stereocenters. The first-order chi connectivity index (χ1) is 9.33. The number of methoxy groups -OCH3 is 1. The molecule has 0 bridgehead atoms. The molecular weight excluding hydrogens is 238 g/mol. The molecule has 0 radical (unpaired) electrons. The number of nitrogens with zero attached hydrogens (tertiary/aromatic N) is 1. The van der Waals surface area contributed by atoms with Crippen molar-refractivity contribution in [1.29, 1.82) is 0 Å². The summed E-state index contributed by atoms with van der Waals surface area (Å²) in [5.41, 5.74) is 2.95. The molecular formula is C16H15NO2. The molecule has 0 aliphatic rings. The highest BCUT2D eigenvalue weighted by Crippen LogP contribution is 2.15. The van der Waals surface area contributed by atoms with Gasteiger partial charge in [0.2, 0.25) is 0 Å². The van der Waals surface area contributed by atoms with Gasteiger partial charge in [-0.15, -0.1) is 0 Å². The molecule has 0 aliphatic carbocycles. The summed E-state index contributed by atoms with van der Waals surface area (Å²) in [6.07, 6.45) is 5.41. The Kier molecular flexibility index (Phi) is 4.34. The minimum atomic E-state index is 0.838. The van der Waals surface area contributed by atoms with Crippen LogP contribution >= 0.6 is 0 Å². The maximum absolute atomic E-state index is 8.62. The lowest BCUT2D eigenvalue weighted by atomic mass is 10.1. The molecule has 96 valence electrons. The van der Waals surface area contributed by atoms with Crippen molar-refractivity contribution in [3.63, 3.8) is 0 Å². The van der Waals surface area contributed by atoms with Crippen LogP contribution in [-0.4, -0.2) is 18.5 Å². The SMILES string of the molecule is COc1ccc(C=Cc2ccccc2C=NO)cc1. The van der Waals surface area contributed by atoms with E-state index >= 15 is 0 Å². The highest BCUT2D eigenvalue weighted by molar-refractivity contribution is 5.87. The predicted molar refractivity (Wildman–Crippen MR) is 77.7 cm³/mol. The van der Waals surface area contributed by atoms with Crippen LogP contribution in [0.15, 0.2) is 53.7 Å². The molecule has 0 atom stereocenters. The van der Waals surface area contributed by atoms with E-state index in [2.05, 4.69) is 5.16 Å². The van der Waals surface area contributed by atoms with Gasteiger partial charge >= 0.3 is 0 Å². The summed E-state index contributed by atoms with van der Waals surface area (Å²) in [5.74, 6) is 0.838. The number of hydrogen-bond acceptors (Lipinski definition) is 3. The smallest absolute Gasteiger partial charge is 0.118 e. The quantitative estimate of drug-likeness (QED) is 0.391. The molecule has 3 nitrogen and oxygen atoms in total. The average molecular weight is 253 g/mol. The summed E-state index contributed by atoms with van der Waals surface area (Å²) in [4.78, 5) is 0. The molecule has 0 heterocycles. The maximum atomic E-state index is 8.62. The second-order valence-electron chi connectivity index (χ2n) is 3.98. The van der Waals surface area contributed by atoms with Crippen LogP contribution in [0.1, 0.15) is 16.7 Å². The maximum Gasteiger partial charge on any atom is 0.118 e. The molecule has 0 saturated heterocycles. The molecule has 0 aromatic heterocycles. The van der Waals surface area contributed by atoms with Crippen molar-refractivity contribution in [2.45, 2.75) is 0 Å². The summed E-state index contributed by atoms with van der Waals surface area (Å²) in [7, 11) is 1.65. The van der Waals surface area contributed by atoms with Crippen LogP contribution in [0.3, 0.4) is 0 Å². The van der Waals surface area contributed by atoms with Crippen molar-refractivity contribution < 1.29 is 9.94 Å². The second-order valence-corrected chi connectivity index (χ2v) is 3.98. The Morgan fingerprint density at radius 1 is 0.947 bits per heavy atom. The van der Waals surface area contributed by atoms with Crippen molar-refractivity contribution in [1.82, 2.24) is 0 Å². The van der Waals surface area contributed by atoms with Gasteiger partial charge in [0.15, 0.2) is 0 Å². The number of hydrogen-bond donors (Lipinski definition) is 1. The number of oxime groups is 1. The third-order valence-corrected chi connectivity index (χ3v) is 2.76. The fourth-order valence-corrected chi connectivity index (χ4v) is 1.74. The van der Waals surface area contributed by atoms with E-state index in [0.29, 0.717) is 0 Å². The van der Waals surface area contributed by atoms with E-state index in [0.717, 1.165) is 22.4 Å². The van der Waals surface area contributed by atoms with E-state index in [1.54, 1.807) is 7.11 Å². The van der Waals surface area contributed by atoms with Crippen LogP contribution in [0.25, 0.3) is 12.2 Å². The molecule has 2 aromatic rings. The first-order valence-corrected chi connectivity index (χ1v) is 5.92. The molecule has 0 aliphatic heterocycles. The Morgan fingerprint density at radius 2 is 1.63 bits per heavy atom. The van der Waals surface area contributed by atoms with Gasteiger partial charge in [0, 0.05) is 5.56 Å². The standard InChI is InChI=1S/C16H15NO2/c1-19-16-10-7-13(8-11-16)6-9-14-4-2-3-5-15(14)12-17-18/h2-12,18H,1H3. The zero-order chi connectivity index (χ0) is 13.5. The largest absolute Gasteiger partial charge is 0.497 e. The van der Waals surface area contributed by atoms with E-state index in [1.165, 1.54) is 6.21 Å². The number of benzene rings is 2. The molecule has 0 amide bonds. The van der Waals surface area contributed by atoms with Crippen LogP contribution in [0.4, 0.5) is 0 Å². The topological polar surface area (TPSA) is 41.8 Å². The van der Waals surface area contributed by atoms with Crippen molar-refractivity contribution in [2.24, 2.45) is 5.16 Å². The van der Waals surface area contributed by atoms with Gasteiger partial charge in [-0.05, 0) is 23.3 Å². The Hall–Kier alpha value is -2.55. The lowest BCUT2D eigenvalue weighted by molar-refractivity contribution is 0.322. The van der Waals surface area contributed by atoms with Crippen molar-refractivity contribution in [2.75, 3.05) is 7.11 Å². The van der Waals surface area contributed by atoms with Gasteiger partial charge in [-0.25, -0.2) is 0 Å². The molecule has 0 spiro atoms. The van der Waals surface area contributed by atoms with Gasteiger partial charge in [-0.3, -0.25) is 0 Å². The molecule has 2 rings (SSSR count). The molecule has 3 heteroatoms. The van der Waals surface area contributed by atoms with Gasteiger partial charge in [0.25, 0.3) is 0 Å². The van der Waals surface area contributed by atoms with Gasteiger partial charge in [0.05, 0.1) is 13.3 Å². The second kappa shape index (κ2) is 6.40. The Bertz CT molecular complexity index is 586.